The van der Waals surface area contributed by atoms with E-state index in [4.69, 9.17) is 11.6 Å². The molecule has 1 aliphatic rings. The predicted molar refractivity (Wildman–Crippen MR) is 99.3 cm³/mol. The van der Waals surface area contributed by atoms with Gasteiger partial charge in [0.1, 0.15) is 6.54 Å². The van der Waals surface area contributed by atoms with Gasteiger partial charge in [0.15, 0.2) is 5.65 Å². The fourth-order valence-corrected chi connectivity index (χ4v) is 3.44. The van der Waals surface area contributed by atoms with Gasteiger partial charge in [-0.3, -0.25) is 4.79 Å². The maximum atomic E-state index is 12.9. The average Bonchev–Trinajstić information content (AvgIpc) is 3.42. The number of fused-ring (bicyclic) bond motifs is 1. The zero-order valence-electron chi connectivity index (χ0n) is 14.8. The molecule has 1 saturated carbocycles. The first-order valence-corrected chi connectivity index (χ1v) is 9.10. The summed E-state index contributed by atoms with van der Waals surface area (Å²) in [6.07, 6.45) is -0.589. The molecule has 28 heavy (non-hydrogen) atoms. The number of aromatic nitrogens is 3. The number of anilines is 1. The van der Waals surface area contributed by atoms with Crippen LogP contribution in [0.4, 0.5) is 18.9 Å². The van der Waals surface area contributed by atoms with Crippen LogP contribution in [0.1, 0.15) is 35.6 Å². The molecule has 4 rings (SSSR count). The van der Waals surface area contributed by atoms with Gasteiger partial charge < -0.3 is 5.32 Å². The minimum absolute atomic E-state index is 0.0250. The second kappa shape index (κ2) is 6.77. The van der Waals surface area contributed by atoms with Crippen molar-refractivity contribution in [2.75, 3.05) is 5.32 Å². The van der Waals surface area contributed by atoms with E-state index in [2.05, 4.69) is 15.4 Å². The smallest absolute Gasteiger partial charge is 0.323 e. The Hall–Kier alpha value is -2.61. The molecule has 1 amide bonds. The van der Waals surface area contributed by atoms with E-state index in [-0.39, 0.29) is 17.3 Å². The summed E-state index contributed by atoms with van der Waals surface area (Å²) in [5.41, 5.74) is 1.56. The number of aryl methyl sites for hydroxylation is 1. The van der Waals surface area contributed by atoms with Crippen LogP contribution in [0.5, 0.6) is 0 Å². The highest BCUT2D eigenvalue weighted by Gasteiger charge is 2.31. The highest BCUT2D eigenvalue weighted by Crippen LogP contribution is 2.43. The number of pyridine rings is 1. The maximum Gasteiger partial charge on any atom is 0.416 e. The highest BCUT2D eigenvalue weighted by atomic mass is 35.5. The van der Waals surface area contributed by atoms with Gasteiger partial charge in [0.25, 0.3) is 0 Å². The summed E-state index contributed by atoms with van der Waals surface area (Å²) in [5, 5.41) is 7.80. The Kier molecular flexibility index (Phi) is 4.53. The molecule has 1 fully saturated rings. The molecule has 5 nitrogen and oxygen atoms in total. The third kappa shape index (κ3) is 3.56. The van der Waals surface area contributed by atoms with E-state index in [1.165, 1.54) is 10.2 Å². The van der Waals surface area contributed by atoms with Crippen molar-refractivity contribution in [2.45, 2.75) is 38.4 Å². The number of halogens is 4. The van der Waals surface area contributed by atoms with E-state index in [0.717, 1.165) is 42.1 Å². The van der Waals surface area contributed by atoms with Crippen LogP contribution in [0.3, 0.4) is 0 Å². The monoisotopic (exact) mass is 408 g/mol. The lowest BCUT2D eigenvalue weighted by atomic mass is 10.1. The largest absolute Gasteiger partial charge is 0.416 e. The molecule has 0 spiro atoms. The first-order chi connectivity index (χ1) is 13.2. The van der Waals surface area contributed by atoms with Gasteiger partial charge in [-0.1, -0.05) is 11.6 Å². The van der Waals surface area contributed by atoms with Crippen LogP contribution in [-0.4, -0.2) is 20.7 Å². The second-order valence-electron chi connectivity index (χ2n) is 6.86. The van der Waals surface area contributed by atoms with E-state index < -0.39 is 17.6 Å². The van der Waals surface area contributed by atoms with E-state index in [9.17, 15) is 18.0 Å². The van der Waals surface area contributed by atoms with Crippen molar-refractivity contribution in [1.29, 1.82) is 0 Å². The summed E-state index contributed by atoms with van der Waals surface area (Å²) < 4.78 is 40.1. The lowest BCUT2D eigenvalue weighted by Gasteiger charge is -2.12. The van der Waals surface area contributed by atoms with Crippen LogP contribution in [0.25, 0.3) is 11.0 Å². The fourth-order valence-electron chi connectivity index (χ4n) is 3.28. The topological polar surface area (TPSA) is 59.8 Å². The Labute approximate surface area is 163 Å². The van der Waals surface area contributed by atoms with Gasteiger partial charge >= 0.3 is 6.18 Å². The zero-order chi connectivity index (χ0) is 20.1. The van der Waals surface area contributed by atoms with Crippen molar-refractivity contribution in [3.8, 4) is 0 Å². The molecule has 2 heterocycles. The van der Waals surface area contributed by atoms with Crippen molar-refractivity contribution in [1.82, 2.24) is 14.8 Å². The molecule has 0 bridgehead atoms. The normalized spacial score (nSPS) is 14.5. The van der Waals surface area contributed by atoms with Gasteiger partial charge in [-0.25, -0.2) is 9.67 Å². The SMILES string of the molecule is Cc1nn(CC(=O)Nc2cc(C(F)(F)F)ccc2Cl)c2nccc(C3CC3)c12. The van der Waals surface area contributed by atoms with Crippen LogP contribution in [-0.2, 0) is 17.5 Å². The number of rotatable bonds is 4. The molecule has 0 aliphatic heterocycles. The molecule has 1 aliphatic carbocycles. The summed E-state index contributed by atoms with van der Waals surface area (Å²) in [5.74, 6) is -0.0381. The molecule has 2 aromatic heterocycles. The minimum Gasteiger partial charge on any atom is -0.323 e. The molecule has 9 heteroatoms. The van der Waals surface area contributed by atoms with Gasteiger partial charge in [0, 0.05) is 11.6 Å². The minimum atomic E-state index is -4.53. The van der Waals surface area contributed by atoms with Gasteiger partial charge in [-0.2, -0.15) is 18.3 Å². The van der Waals surface area contributed by atoms with Crippen LogP contribution in [0.2, 0.25) is 5.02 Å². The van der Waals surface area contributed by atoms with Crippen molar-refractivity contribution in [3.63, 3.8) is 0 Å². The summed E-state index contributed by atoms with van der Waals surface area (Å²) >= 11 is 5.94. The first-order valence-electron chi connectivity index (χ1n) is 8.72. The predicted octanol–water partition coefficient (Wildman–Crippen LogP) is 4.93. The highest BCUT2D eigenvalue weighted by molar-refractivity contribution is 6.33. The van der Waals surface area contributed by atoms with Crippen molar-refractivity contribution in [3.05, 3.63) is 52.3 Å². The van der Waals surface area contributed by atoms with Gasteiger partial charge in [-0.05, 0) is 55.5 Å². The number of carbonyl (C=O) groups is 1. The summed E-state index contributed by atoms with van der Waals surface area (Å²) in [4.78, 5) is 16.8. The summed E-state index contributed by atoms with van der Waals surface area (Å²) in [6, 6.07) is 4.76. The summed E-state index contributed by atoms with van der Waals surface area (Å²) in [6.45, 7) is 1.67. The standard InChI is InChI=1S/C19H16ClF3N4O/c1-10-17-13(11-2-3-11)6-7-24-18(17)27(26-10)9-16(28)25-15-8-12(19(21,22)23)4-5-14(15)20/h4-8,11H,2-3,9H2,1H3,(H,25,28). The first kappa shape index (κ1) is 18.7. The molecule has 1 N–H and O–H groups in total. The number of alkyl halides is 3. The molecule has 0 atom stereocenters. The molecule has 1 aromatic carbocycles. The number of carbonyl (C=O) groups excluding carboxylic acids is 1. The van der Waals surface area contributed by atoms with Crippen molar-refractivity contribution < 1.29 is 18.0 Å². The number of hydrogen-bond acceptors (Lipinski definition) is 3. The molecule has 0 unspecified atom stereocenters. The van der Waals surface area contributed by atoms with Crippen LogP contribution in [0.15, 0.2) is 30.5 Å². The lowest BCUT2D eigenvalue weighted by Crippen LogP contribution is -2.20. The maximum absolute atomic E-state index is 12.9. The second-order valence-corrected chi connectivity index (χ2v) is 7.26. The molecular weight excluding hydrogens is 393 g/mol. The van der Waals surface area contributed by atoms with Crippen LogP contribution in [0, 0.1) is 6.92 Å². The van der Waals surface area contributed by atoms with Gasteiger partial charge in [-0.15, -0.1) is 0 Å². The van der Waals surface area contributed by atoms with Crippen LogP contribution >= 0.6 is 11.6 Å². The Balaban J connectivity index is 1.59. The zero-order valence-corrected chi connectivity index (χ0v) is 15.6. The Morgan fingerprint density at radius 3 is 2.75 bits per heavy atom. The van der Waals surface area contributed by atoms with Crippen molar-refractivity contribution in [2.24, 2.45) is 0 Å². The van der Waals surface area contributed by atoms with E-state index >= 15 is 0 Å². The summed E-state index contributed by atoms with van der Waals surface area (Å²) in [7, 11) is 0. The Morgan fingerprint density at radius 1 is 1.32 bits per heavy atom. The number of nitrogens with one attached hydrogen (secondary N) is 1. The number of nitrogens with zero attached hydrogens (tertiary/aromatic N) is 3. The quantitative estimate of drug-likeness (QED) is 0.666. The molecule has 146 valence electrons. The third-order valence-electron chi connectivity index (χ3n) is 4.72. The molecular formula is C19H16ClF3N4O. The van der Waals surface area contributed by atoms with Crippen molar-refractivity contribution >= 4 is 34.2 Å². The number of hydrogen-bond donors (Lipinski definition) is 1. The molecule has 0 saturated heterocycles. The third-order valence-corrected chi connectivity index (χ3v) is 5.05. The van der Waals surface area contributed by atoms with Gasteiger partial charge in [0.2, 0.25) is 5.91 Å². The van der Waals surface area contributed by atoms with E-state index in [1.807, 2.05) is 13.0 Å². The molecule has 0 radical (unpaired) electrons. The Morgan fingerprint density at radius 2 is 2.07 bits per heavy atom. The van der Waals surface area contributed by atoms with E-state index in [1.54, 1.807) is 6.20 Å². The average molecular weight is 409 g/mol. The lowest BCUT2D eigenvalue weighted by molar-refractivity contribution is -0.137. The fraction of sp³-hybridized carbons (Fsp3) is 0.316. The van der Waals surface area contributed by atoms with E-state index in [0.29, 0.717) is 11.6 Å². The number of amides is 1. The Bertz CT molecular complexity index is 1070. The molecule has 3 aromatic rings. The van der Waals surface area contributed by atoms with Gasteiger partial charge in [0.05, 0.1) is 22.0 Å². The number of benzene rings is 1. The van der Waals surface area contributed by atoms with Crippen LogP contribution < -0.4 is 5.32 Å².